The lowest BCUT2D eigenvalue weighted by Gasteiger charge is -2.23. The van der Waals surface area contributed by atoms with Gasteiger partial charge in [-0.15, -0.1) is 0 Å². The third kappa shape index (κ3) is 4.19. The third-order valence-electron chi connectivity index (χ3n) is 2.72. The number of nitrogens with zero attached hydrogens (tertiary/aromatic N) is 1. The van der Waals surface area contributed by atoms with Crippen LogP contribution in [0.2, 0.25) is 5.02 Å². The maximum absolute atomic E-state index is 6.25. The standard InChI is InChI=1S/C13H21ClN2O/c1-4-16(7-8-17-3)12-6-5-11(10-15-2)13(14)9-12/h5-6,9,15H,4,7-8,10H2,1-3H3. The van der Waals surface area contributed by atoms with Crippen molar-refractivity contribution in [2.24, 2.45) is 0 Å². The molecule has 0 aliphatic carbocycles. The summed E-state index contributed by atoms with van der Waals surface area (Å²) in [6.07, 6.45) is 0. The van der Waals surface area contributed by atoms with Crippen LogP contribution in [-0.2, 0) is 11.3 Å². The van der Waals surface area contributed by atoms with Gasteiger partial charge in [-0.1, -0.05) is 17.7 Å². The fourth-order valence-corrected chi connectivity index (χ4v) is 1.98. The van der Waals surface area contributed by atoms with Crippen molar-refractivity contribution in [1.82, 2.24) is 5.32 Å². The van der Waals surface area contributed by atoms with E-state index >= 15 is 0 Å². The van der Waals surface area contributed by atoms with Crippen molar-refractivity contribution in [2.45, 2.75) is 13.5 Å². The maximum Gasteiger partial charge on any atom is 0.0637 e. The van der Waals surface area contributed by atoms with Gasteiger partial charge in [0.05, 0.1) is 6.61 Å². The molecule has 1 rings (SSSR count). The van der Waals surface area contributed by atoms with Gasteiger partial charge in [0, 0.05) is 37.5 Å². The highest BCUT2D eigenvalue weighted by Crippen LogP contribution is 2.23. The molecule has 0 aromatic heterocycles. The molecule has 0 amide bonds. The number of anilines is 1. The van der Waals surface area contributed by atoms with Crippen LogP contribution in [0.1, 0.15) is 12.5 Å². The Morgan fingerprint density at radius 2 is 2.18 bits per heavy atom. The van der Waals surface area contributed by atoms with Crippen LogP contribution >= 0.6 is 11.6 Å². The lowest BCUT2D eigenvalue weighted by Crippen LogP contribution is -2.26. The Morgan fingerprint density at radius 1 is 1.41 bits per heavy atom. The molecule has 1 N–H and O–H groups in total. The van der Waals surface area contributed by atoms with Gasteiger partial charge >= 0.3 is 0 Å². The molecule has 17 heavy (non-hydrogen) atoms. The molecule has 0 heterocycles. The number of methoxy groups -OCH3 is 1. The molecule has 0 radical (unpaired) electrons. The molecule has 0 atom stereocenters. The van der Waals surface area contributed by atoms with Crippen molar-refractivity contribution in [3.05, 3.63) is 28.8 Å². The van der Waals surface area contributed by atoms with Gasteiger partial charge in [-0.25, -0.2) is 0 Å². The number of hydrogen-bond donors (Lipinski definition) is 1. The summed E-state index contributed by atoms with van der Waals surface area (Å²) >= 11 is 6.25. The maximum atomic E-state index is 6.25. The fraction of sp³-hybridized carbons (Fsp3) is 0.538. The van der Waals surface area contributed by atoms with Crippen molar-refractivity contribution in [1.29, 1.82) is 0 Å². The van der Waals surface area contributed by atoms with Gasteiger partial charge in [0.25, 0.3) is 0 Å². The summed E-state index contributed by atoms with van der Waals surface area (Å²) in [4.78, 5) is 2.25. The van der Waals surface area contributed by atoms with E-state index in [0.717, 1.165) is 42.5 Å². The predicted octanol–water partition coefficient (Wildman–Crippen LogP) is 2.53. The van der Waals surface area contributed by atoms with E-state index < -0.39 is 0 Å². The first-order valence-corrected chi connectivity index (χ1v) is 6.27. The largest absolute Gasteiger partial charge is 0.383 e. The summed E-state index contributed by atoms with van der Waals surface area (Å²) in [6.45, 7) is 5.48. The molecule has 0 saturated heterocycles. The second kappa shape index (κ2) is 7.54. The average molecular weight is 257 g/mol. The Bertz CT molecular complexity index is 344. The lowest BCUT2D eigenvalue weighted by molar-refractivity contribution is 0.205. The van der Waals surface area contributed by atoms with Crippen LogP contribution in [0.3, 0.4) is 0 Å². The highest BCUT2D eigenvalue weighted by molar-refractivity contribution is 6.31. The highest BCUT2D eigenvalue weighted by atomic mass is 35.5. The Morgan fingerprint density at radius 3 is 2.71 bits per heavy atom. The first-order valence-electron chi connectivity index (χ1n) is 5.89. The first kappa shape index (κ1) is 14.3. The zero-order chi connectivity index (χ0) is 12.7. The molecule has 4 heteroatoms. The highest BCUT2D eigenvalue weighted by Gasteiger charge is 2.06. The molecule has 0 aliphatic heterocycles. The molecule has 0 saturated carbocycles. The van der Waals surface area contributed by atoms with Crippen molar-refractivity contribution in [2.75, 3.05) is 38.8 Å². The number of likely N-dealkylation sites (N-methyl/N-ethyl adjacent to an activating group) is 1. The average Bonchev–Trinajstić information content (AvgIpc) is 2.33. The zero-order valence-corrected chi connectivity index (χ0v) is 11.5. The minimum atomic E-state index is 0.726. The molecule has 1 aromatic carbocycles. The van der Waals surface area contributed by atoms with Gasteiger partial charge in [0.15, 0.2) is 0 Å². The summed E-state index contributed by atoms with van der Waals surface area (Å²) in [7, 11) is 3.64. The Balaban J connectivity index is 2.79. The van der Waals surface area contributed by atoms with Crippen LogP contribution in [0.25, 0.3) is 0 Å². The molecule has 96 valence electrons. The molecule has 0 spiro atoms. The van der Waals surface area contributed by atoms with Crippen LogP contribution in [-0.4, -0.2) is 33.9 Å². The minimum absolute atomic E-state index is 0.726. The summed E-state index contributed by atoms with van der Waals surface area (Å²) in [5.41, 5.74) is 2.27. The quantitative estimate of drug-likeness (QED) is 0.812. The second-order valence-electron chi connectivity index (χ2n) is 3.88. The molecule has 0 unspecified atom stereocenters. The third-order valence-corrected chi connectivity index (χ3v) is 3.07. The van der Waals surface area contributed by atoms with Gasteiger partial charge in [-0.2, -0.15) is 0 Å². The van der Waals surface area contributed by atoms with E-state index in [9.17, 15) is 0 Å². The van der Waals surface area contributed by atoms with Crippen molar-refractivity contribution in [3.63, 3.8) is 0 Å². The van der Waals surface area contributed by atoms with Gasteiger partial charge in [-0.05, 0) is 31.7 Å². The summed E-state index contributed by atoms with van der Waals surface area (Å²) in [6, 6.07) is 6.20. The molecule has 1 aromatic rings. The van der Waals surface area contributed by atoms with Crippen LogP contribution in [0, 0.1) is 0 Å². The van der Waals surface area contributed by atoms with Gasteiger partial charge in [0.2, 0.25) is 0 Å². The van der Waals surface area contributed by atoms with Crippen LogP contribution in [0.15, 0.2) is 18.2 Å². The second-order valence-corrected chi connectivity index (χ2v) is 4.29. The van der Waals surface area contributed by atoms with Gasteiger partial charge < -0.3 is 15.0 Å². The Kier molecular flexibility index (Phi) is 6.34. The summed E-state index contributed by atoms with van der Waals surface area (Å²) in [5, 5.41) is 3.92. The van der Waals surface area contributed by atoms with Crippen LogP contribution < -0.4 is 10.2 Å². The van der Waals surface area contributed by atoms with Crippen molar-refractivity contribution >= 4 is 17.3 Å². The predicted molar refractivity (Wildman–Crippen MR) is 74.0 cm³/mol. The summed E-state index contributed by atoms with van der Waals surface area (Å²) in [5.74, 6) is 0. The van der Waals surface area contributed by atoms with E-state index in [1.54, 1.807) is 7.11 Å². The number of rotatable bonds is 7. The molecule has 0 bridgehead atoms. The normalized spacial score (nSPS) is 10.6. The smallest absolute Gasteiger partial charge is 0.0637 e. The molecule has 0 aliphatic rings. The van der Waals surface area contributed by atoms with E-state index in [1.165, 1.54) is 0 Å². The van der Waals surface area contributed by atoms with Gasteiger partial charge in [-0.3, -0.25) is 0 Å². The zero-order valence-electron chi connectivity index (χ0n) is 10.8. The molecular weight excluding hydrogens is 236 g/mol. The van der Waals surface area contributed by atoms with Crippen molar-refractivity contribution in [3.8, 4) is 0 Å². The molecule has 3 nitrogen and oxygen atoms in total. The van der Waals surface area contributed by atoms with Crippen molar-refractivity contribution < 1.29 is 4.74 Å². The Hall–Kier alpha value is -0.770. The van der Waals surface area contributed by atoms with E-state index in [-0.39, 0.29) is 0 Å². The topological polar surface area (TPSA) is 24.5 Å². The first-order chi connectivity index (χ1) is 8.22. The SMILES string of the molecule is CCN(CCOC)c1ccc(CNC)c(Cl)c1. The number of ether oxygens (including phenoxy) is 1. The molecular formula is C13H21ClN2O. The number of nitrogens with one attached hydrogen (secondary N) is 1. The van der Waals surface area contributed by atoms with Gasteiger partial charge in [0.1, 0.15) is 0 Å². The van der Waals surface area contributed by atoms with E-state index in [2.05, 4.69) is 29.3 Å². The van der Waals surface area contributed by atoms with E-state index in [0.29, 0.717) is 0 Å². The number of halogens is 1. The van der Waals surface area contributed by atoms with E-state index in [1.807, 2.05) is 13.1 Å². The van der Waals surface area contributed by atoms with Crippen LogP contribution in [0.5, 0.6) is 0 Å². The molecule has 0 fully saturated rings. The van der Waals surface area contributed by atoms with Crippen LogP contribution in [0.4, 0.5) is 5.69 Å². The number of benzene rings is 1. The Labute approximate surface area is 109 Å². The van der Waals surface area contributed by atoms with E-state index in [4.69, 9.17) is 16.3 Å². The summed E-state index contributed by atoms with van der Waals surface area (Å²) < 4.78 is 5.10. The minimum Gasteiger partial charge on any atom is -0.383 e. The number of hydrogen-bond acceptors (Lipinski definition) is 3. The monoisotopic (exact) mass is 256 g/mol. The lowest BCUT2D eigenvalue weighted by atomic mass is 10.2. The fourth-order valence-electron chi connectivity index (χ4n) is 1.74.